The number of hydrogen-bond donors (Lipinski definition) is 2. The Morgan fingerprint density at radius 1 is 1.35 bits per heavy atom. The van der Waals surface area contributed by atoms with Gasteiger partial charge in [0.1, 0.15) is 0 Å². The minimum absolute atomic E-state index is 0.293. The van der Waals surface area contributed by atoms with Crippen molar-refractivity contribution in [3.05, 3.63) is 33.9 Å². The van der Waals surface area contributed by atoms with Crippen molar-refractivity contribution in [2.24, 2.45) is 0 Å². The van der Waals surface area contributed by atoms with Gasteiger partial charge in [-0.1, -0.05) is 0 Å². The van der Waals surface area contributed by atoms with Crippen LogP contribution in [0.15, 0.2) is 18.2 Å². The number of rotatable bonds is 4. The van der Waals surface area contributed by atoms with E-state index in [0.29, 0.717) is 12.5 Å². The number of aliphatic carboxylic acids is 1. The van der Waals surface area contributed by atoms with Gasteiger partial charge in [0.15, 0.2) is 0 Å². The van der Waals surface area contributed by atoms with Gasteiger partial charge in [-0.3, -0.25) is 10.1 Å². The molecule has 0 spiro atoms. The highest BCUT2D eigenvalue weighted by atomic mass is 19.4. The lowest BCUT2D eigenvalue weighted by Crippen LogP contribution is -2.55. The van der Waals surface area contributed by atoms with Crippen LogP contribution in [-0.2, 0) is 4.79 Å². The Morgan fingerprint density at radius 3 is 2.30 bits per heavy atom. The van der Waals surface area contributed by atoms with Gasteiger partial charge in [-0.25, -0.2) is 4.79 Å². The fourth-order valence-electron chi connectivity index (χ4n) is 1.47. The molecule has 1 unspecified atom stereocenters. The van der Waals surface area contributed by atoms with E-state index in [0.717, 1.165) is 12.1 Å². The third kappa shape index (κ3) is 2.98. The Labute approximate surface area is 111 Å². The Hall–Kier alpha value is -2.32. The third-order valence-corrected chi connectivity index (χ3v) is 2.66. The molecule has 1 rings (SSSR count). The van der Waals surface area contributed by atoms with E-state index in [1.165, 1.54) is 13.0 Å². The highest BCUT2D eigenvalue weighted by Gasteiger charge is 2.57. The zero-order chi connectivity index (χ0) is 15.7. The molecule has 0 aliphatic rings. The zero-order valence-corrected chi connectivity index (χ0v) is 10.5. The molecule has 6 nitrogen and oxygen atoms in total. The second-order valence-corrected chi connectivity index (χ2v) is 4.37. The average Bonchev–Trinajstić information content (AvgIpc) is 2.26. The second-order valence-electron chi connectivity index (χ2n) is 4.37. The van der Waals surface area contributed by atoms with Crippen molar-refractivity contribution < 1.29 is 28.0 Å². The number of carboxylic acids is 1. The summed E-state index contributed by atoms with van der Waals surface area (Å²) in [5, 5.41) is 21.2. The molecule has 0 aliphatic carbocycles. The quantitative estimate of drug-likeness (QED) is 0.657. The topological polar surface area (TPSA) is 92.5 Å². The summed E-state index contributed by atoms with van der Waals surface area (Å²) in [5.41, 5.74) is -3.63. The molecule has 0 radical (unpaired) electrons. The van der Waals surface area contributed by atoms with E-state index < -0.39 is 28.3 Å². The number of carboxylic acid groups (broad SMARTS) is 1. The average molecular weight is 292 g/mol. The van der Waals surface area contributed by atoms with Crippen molar-refractivity contribution >= 4 is 17.3 Å². The maximum Gasteiger partial charge on any atom is 0.422 e. The number of aryl methyl sites for hydroxylation is 1. The number of nitrogens with one attached hydrogen (secondary N) is 1. The van der Waals surface area contributed by atoms with Gasteiger partial charge >= 0.3 is 12.1 Å². The second kappa shape index (κ2) is 4.99. The lowest BCUT2D eigenvalue weighted by atomic mass is 10.0. The number of alkyl halides is 3. The number of nitro groups is 1. The molecule has 0 saturated heterocycles. The summed E-state index contributed by atoms with van der Waals surface area (Å²) in [7, 11) is 0. The van der Waals surface area contributed by atoms with Crippen LogP contribution >= 0.6 is 0 Å². The monoisotopic (exact) mass is 292 g/mol. The van der Waals surface area contributed by atoms with E-state index in [1.54, 1.807) is 5.32 Å². The first-order valence-corrected chi connectivity index (χ1v) is 5.32. The molecule has 110 valence electrons. The van der Waals surface area contributed by atoms with Crippen molar-refractivity contribution in [3.63, 3.8) is 0 Å². The van der Waals surface area contributed by atoms with E-state index in [4.69, 9.17) is 5.11 Å². The van der Waals surface area contributed by atoms with Gasteiger partial charge in [0.25, 0.3) is 5.69 Å². The van der Waals surface area contributed by atoms with Crippen LogP contribution in [-0.4, -0.2) is 27.7 Å². The minimum atomic E-state index is -5.07. The van der Waals surface area contributed by atoms with Crippen LogP contribution in [0, 0.1) is 17.0 Å². The summed E-state index contributed by atoms with van der Waals surface area (Å²) in [6.07, 6.45) is -5.07. The lowest BCUT2D eigenvalue weighted by Gasteiger charge is -2.29. The molecule has 1 atom stereocenters. The molecule has 0 amide bonds. The number of non-ortho nitro benzene ring substituents is 1. The van der Waals surface area contributed by atoms with Crippen LogP contribution in [0.3, 0.4) is 0 Å². The van der Waals surface area contributed by atoms with E-state index in [1.807, 2.05) is 0 Å². The summed E-state index contributed by atoms with van der Waals surface area (Å²) in [5.74, 6) is -2.13. The van der Waals surface area contributed by atoms with Gasteiger partial charge in [-0.05, 0) is 25.5 Å². The minimum Gasteiger partial charge on any atom is -0.479 e. The number of hydrogen-bond acceptors (Lipinski definition) is 4. The van der Waals surface area contributed by atoms with Gasteiger partial charge in [-0.15, -0.1) is 0 Å². The van der Waals surface area contributed by atoms with Crippen LogP contribution in [0.1, 0.15) is 12.5 Å². The predicted octanol–water partition coefficient (Wildman–Crippen LogP) is 2.72. The van der Waals surface area contributed by atoms with Crippen molar-refractivity contribution in [1.29, 1.82) is 0 Å². The number of halogens is 3. The molecular weight excluding hydrogens is 281 g/mol. The molecule has 0 bridgehead atoms. The Balaban J connectivity index is 3.26. The highest BCUT2D eigenvalue weighted by molar-refractivity contribution is 5.83. The van der Waals surface area contributed by atoms with Crippen molar-refractivity contribution in [1.82, 2.24) is 0 Å². The zero-order valence-electron chi connectivity index (χ0n) is 10.5. The SMILES string of the molecule is Cc1cc(NC(C)(C(=O)O)C(F)(F)F)cc([N+](=O)[O-])c1. The number of anilines is 1. The summed E-state index contributed by atoms with van der Waals surface area (Å²) in [6.45, 7) is 1.90. The molecular formula is C11H11F3N2O4. The van der Waals surface area contributed by atoms with Crippen LogP contribution < -0.4 is 5.32 Å². The standard InChI is InChI=1S/C11H11F3N2O4/c1-6-3-7(5-8(4-6)16(19)20)15-10(2,9(17)18)11(12,13)14/h3-5,15H,1-2H3,(H,17,18). The molecule has 9 heteroatoms. The predicted molar refractivity (Wildman–Crippen MR) is 63.6 cm³/mol. The first-order valence-electron chi connectivity index (χ1n) is 5.32. The van der Waals surface area contributed by atoms with Gasteiger partial charge in [0.05, 0.1) is 4.92 Å². The first-order chi connectivity index (χ1) is 8.97. The van der Waals surface area contributed by atoms with Crippen molar-refractivity contribution in [3.8, 4) is 0 Å². The van der Waals surface area contributed by atoms with E-state index in [9.17, 15) is 28.1 Å². The summed E-state index contributed by atoms with van der Waals surface area (Å²) < 4.78 is 38.5. The number of carbonyl (C=O) groups is 1. The molecule has 0 aromatic heterocycles. The first kappa shape index (κ1) is 15.7. The largest absolute Gasteiger partial charge is 0.479 e. The van der Waals surface area contributed by atoms with E-state index >= 15 is 0 Å². The number of nitrogens with zero attached hydrogens (tertiary/aromatic N) is 1. The summed E-state index contributed by atoms with van der Waals surface area (Å²) in [6, 6.07) is 3.21. The maximum absolute atomic E-state index is 12.8. The lowest BCUT2D eigenvalue weighted by molar-refractivity contribution is -0.384. The van der Waals surface area contributed by atoms with Gasteiger partial charge < -0.3 is 10.4 Å². The normalized spacial score (nSPS) is 14.4. The Bertz CT molecular complexity index is 559. The fraction of sp³-hybridized carbons (Fsp3) is 0.364. The van der Waals surface area contributed by atoms with E-state index in [2.05, 4.69) is 0 Å². The van der Waals surface area contributed by atoms with Crippen LogP contribution in [0.25, 0.3) is 0 Å². The van der Waals surface area contributed by atoms with E-state index in [-0.39, 0.29) is 5.69 Å². The third-order valence-electron chi connectivity index (χ3n) is 2.66. The molecule has 1 aromatic carbocycles. The molecule has 0 saturated carbocycles. The molecule has 0 fully saturated rings. The number of nitro benzene ring substituents is 1. The van der Waals surface area contributed by atoms with Crippen molar-refractivity contribution in [2.45, 2.75) is 25.6 Å². The molecule has 0 heterocycles. The molecule has 2 N–H and O–H groups in total. The molecule has 1 aromatic rings. The van der Waals surface area contributed by atoms with Crippen LogP contribution in [0.5, 0.6) is 0 Å². The Kier molecular flexibility index (Phi) is 3.92. The smallest absolute Gasteiger partial charge is 0.422 e. The molecule has 20 heavy (non-hydrogen) atoms. The fourth-order valence-corrected chi connectivity index (χ4v) is 1.47. The van der Waals surface area contributed by atoms with Crippen molar-refractivity contribution in [2.75, 3.05) is 5.32 Å². The van der Waals surface area contributed by atoms with Gasteiger partial charge in [-0.2, -0.15) is 13.2 Å². The van der Waals surface area contributed by atoms with Crippen LogP contribution in [0.2, 0.25) is 0 Å². The Morgan fingerprint density at radius 2 is 1.90 bits per heavy atom. The molecule has 0 aliphatic heterocycles. The summed E-state index contributed by atoms with van der Waals surface area (Å²) in [4.78, 5) is 20.7. The highest BCUT2D eigenvalue weighted by Crippen LogP contribution is 2.34. The van der Waals surface area contributed by atoms with Gasteiger partial charge in [0, 0.05) is 17.8 Å². The summed E-state index contributed by atoms with van der Waals surface area (Å²) >= 11 is 0. The number of benzene rings is 1. The van der Waals surface area contributed by atoms with Crippen LogP contribution in [0.4, 0.5) is 24.5 Å². The maximum atomic E-state index is 12.8. The van der Waals surface area contributed by atoms with Gasteiger partial charge in [0.2, 0.25) is 5.54 Å².